The summed E-state index contributed by atoms with van der Waals surface area (Å²) in [7, 11) is 0. The lowest BCUT2D eigenvalue weighted by Crippen LogP contribution is -2.28. The van der Waals surface area contributed by atoms with Gasteiger partial charge in [0.1, 0.15) is 5.82 Å². The van der Waals surface area contributed by atoms with Gasteiger partial charge in [-0.2, -0.15) is 5.10 Å². The third kappa shape index (κ3) is 4.51. The van der Waals surface area contributed by atoms with Gasteiger partial charge in [0.05, 0.1) is 11.7 Å². The van der Waals surface area contributed by atoms with Crippen molar-refractivity contribution in [2.45, 2.75) is 65.0 Å². The summed E-state index contributed by atoms with van der Waals surface area (Å²) in [4.78, 5) is 21.8. The Morgan fingerprint density at radius 1 is 1.09 bits per heavy atom. The molecule has 2 aliphatic rings. The quantitative estimate of drug-likeness (QED) is 0.561. The Kier molecular flexibility index (Phi) is 6.15. The number of nitrogens with zero attached hydrogens (tertiary/aromatic N) is 5. The smallest absolute Gasteiger partial charge is 0.222 e. The van der Waals surface area contributed by atoms with Crippen LogP contribution in [0.15, 0.2) is 30.3 Å². The lowest BCUT2D eigenvalue weighted by Gasteiger charge is -2.23. The molecular weight excluding hydrogens is 417 g/mol. The molecule has 6 nitrogen and oxygen atoms in total. The van der Waals surface area contributed by atoms with E-state index in [2.05, 4.69) is 17.9 Å². The third-order valence-electron chi connectivity index (χ3n) is 7.23. The van der Waals surface area contributed by atoms with Crippen LogP contribution >= 0.6 is 0 Å². The molecule has 2 fully saturated rings. The number of halogens is 1. The fraction of sp³-hybridized carbons (Fsp3) is 0.500. The maximum absolute atomic E-state index is 13.3. The minimum atomic E-state index is -0.202. The van der Waals surface area contributed by atoms with Crippen LogP contribution in [0.25, 0.3) is 5.65 Å². The number of amides is 1. The molecule has 0 radical (unpaired) electrons. The van der Waals surface area contributed by atoms with E-state index in [1.807, 2.05) is 28.5 Å². The van der Waals surface area contributed by atoms with E-state index in [-0.39, 0.29) is 17.8 Å². The van der Waals surface area contributed by atoms with Gasteiger partial charge in [0.15, 0.2) is 5.65 Å². The molecule has 2 aliphatic heterocycles. The minimum absolute atomic E-state index is 0.202. The molecular formula is C26H32FN5O. The number of benzene rings is 1. The molecule has 1 aromatic carbocycles. The molecule has 0 saturated carbocycles. The molecule has 0 aliphatic carbocycles. The zero-order valence-electron chi connectivity index (χ0n) is 19.6. The van der Waals surface area contributed by atoms with Crippen LogP contribution in [0.3, 0.4) is 0 Å². The first-order chi connectivity index (χ1) is 16.0. The number of aryl methyl sites for hydroxylation is 2. The predicted octanol–water partition coefficient (Wildman–Crippen LogP) is 4.38. The Bertz CT molecular complexity index is 1150. The standard InChI is InChI=1S/C26H32FN5O/c1-18-22(11-12-26(33)30-13-3-4-14-30)19(2)32-25(28-18)16-23(29-32)24-6-5-15-31(24)17-20-7-9-21(27)10-8-20/h7-10,16,24H,3-6,11-15,17H2,1-2H3/t24-/m0/s1. The van der Waals surface area contributed by atoms with Crippen LogP contribution in [-0.2, 0) is 17.8 Å². The van der Waals surface area contributed by atoms with Gasteiger partial charge in [0.25, 0.3) is 0 Å². The number of rotatable bonds is 6. The normalized spacial score (nSPS) is 19.1. The molecule has 0 unspecified atom stereocenters. The highest BCUT2D eigenvalue weighted by atomic mass is 19.1. The van der Waals surface area contributed by atoms with Crippen LogP contribution in [0, 0.1) is 19.7 Å². The van der Waals surface area contributed by atoms with Gasteiger partial charge in [-0.3, -0.25) is 9.69 Å². The zero-order valence-corrected chi connectivity index (χ0v) is 19.6. The molecule has 174 valence electrons. The SMILES string of the molecule is Cc1nc2cc([C@@H]3CCCN3Cc3ccc(F)cc3)nn2c(C)c1CCC(=O)N1CCCC1. The molecule has 33 heavy (non-hydrogen) atoms. The zero-order chi connectivity index (χ0) is 22.9. The van der Waals surface area contributed by atoms with Crippen LogP contribution in [0.4, 0.5) is 4.39 Å². The van der Waals surface area contributed by atoms with Crippen molar-refractivity contribution in [2.75, 3.05) is 19.6 Å². The van der Waals surface area contributed by atoms with Gasteiger partial charge in [0.2, 0.25) is 5.91 Å². The monoisotopic (exact) mass is 449 g/mol. The van der Waals surface area contributed by atoms with Crippen LogP contribution in [0.5, 0.6) is 0 Å². The number of likely N-dealkylation sites (tertiary alicyclic amines) is 2. The molecule has 4 heterocycles. The van der Waals surface area contributed by atoms with Gasteiger partial charge in [-0.25, -0.2) is 13.9 Å². The van der Waals surface area contributed by atoms with E-state index in [9.17, 15) is 9.18 Å². The Balaban J connectivity index is 1.35. The molecule has 0 N–H and O–H groups in total. The van der Waals surface area contributed by atoms with Gasteiger partial charge in [0, 0.05) is 43.5 Å². The molecule has 2 aromatic heterocycles. The first-order valence-corrected chi connectivity index (χ1v) is 12.1. The number of aromatic nitrogens is 3. The Morgan fingerprint density at radius 2 is 1.85 bits per heavy atom. The number of fused-ring (bicyclic) bond motifs is 1. The third-order valence-corrected chi connectivity index (χ3v) is 7.23. The summed E-state index contributed by atoms with van der Waals surface area (Å²) in [6.07, 6.45) is 5.64. The molecule has 3 aromatic rings. The van der Waals surface area contributed by atoms with E-state index in [1.165, 1.54) is 12.1 Å². The Morgan fingerprint density at radius 3 is 2.61 bits per heavy atom. The van der Waals surface area contributed by atoms with Crippen molar-refractivity contribution in [1.29, 1.82) is 0 Å². The summed E-state index contributed by atoms with van der Waals surface area (Å²) >= 11 is 0. The second-order valence-corrected chi connectivity index (χ2v) is 9.44. The average molecular weight is 450 g/mol. The van der Waals surface area contributed by atoms with Crippen LogP contribution in [0.1, 0.15) is 66.4 Å². The minimum Gasteiger partial charge on any atom is -0.343 e. The van der Waals surface area contributed by atoms with Crippen molar-refractivity contribution in [2.24, 2.45) is 0 Å². The van der Waals surface area contributed by atoms with E-state index >= 15 is 0 Å². The highest BCUT2D eigenvalue weighted by Crippen LogP contribution is 2.33. The maximum Gasteiger partial charge on any atom is 0.222 e. The van der Waals surface area contributed by atoms with E-state index in [1.54, 1.807) is 0 Å². The summed E-state index contributed by atoms with van der Waals surface area (Å²) in [6.45, 7) is 7.70. The largest absolute Gasteiger partial charge is 0.343 e. The van der Waals surface area contributed by atoms with Gasteiger partial charge in [-0.1, -0.05) is 12.1 Å². The number of carbonyl (C=O) groups excluding carboxylic acids is 1. The average Bonchev–Trinajstić information content (AvgIpc) is 3.55. The van der Waals surface area contributed by atoms with Crippen molar-refractivity contribution >= 4 is 11.6 Å². The lowest BCUT2D eigenvalue weighted by molar-refractivity contribution is -0.130. The summed E-state index contributed by atoms with van der Waals surface area (Å²) in [5, 5.41) is 4.96. The summed E-state index contributed by atoms with van der Waals surface area (Å²) in [5.74, 6) is 0.0434. The van der Waals surface area contributed by atoms with E-state index < -0.39 is 0 Å². The highest BCUT2D eigenvalue weighted by molar-refractivity contribution is 5.76. The molecule has 7 heteroatoms. The molecule has 2 saturated heterocycles. The Hall–Kier alpha value is -2.80. The molecule has 0 bridgehead atoms. The molecule has 1 amide bonds. The van der Waals surface area contributed by atoms with Gasteiger partial charge >= 0.3 is 0 Å². The Labute approximate surface area is 194 Å². The van der Waals surface area contributed by atoms with Gasteiger partial charge in [-0.15, -0.1) is 0 Å². The molecule has 5 rings (SSSR count). The molecule has 1 atom stereocenters. The fourth-order valence-electron chi connectivity index (χ4n) is 5.40. The second kappa shape index (κ2) is 9.21. The highest BCUT2D eigenvalue weighted by Gasteiger charge is 2.29. The van der Waals surface area contributed by atoms with Crippen LogP contribution in [-0.4, -0.2) is 49.9 Å². The first-order valence-electron chi connectivity index (χ1n) is 12.1. The summed E-state index contributed by atoms with van der Waals surface area (Å²) < 4.78 is 15.2. The first kappa shape index (κ1) is 22.0. The van der Waals surface area contributed by atoms with Crippen LogP contribution < -0.4 is 0 Å². The van der Waals surface area contributed by atoms with Gasteiger partial charge < -0.3 is 4.90 Å². The van der Waals surface area contributed by atoms with E-state index in [4.69, 9.17) is 10.1 Å². The van der Waals surface area contributed by atoms with Crippen molar-refractivity contribution < 1.29 is 9.18 Å². The lowest BCUT2D eigenvalue weighted by atomic mass is 10.1. The predicted molar refractivity (Wildman–Crippen MR) is 125 cm³/mol. The maximum atomic E-state index is 13.3. The topological polar surface area (TPSA) is 53.7 Å². The van der Waals surface area contributed by atoms with Crippen molar-refractivity contribution in [3.63, 3.8) is 0 Å². The molecule has 0 spiro atoms. The van der Waals surface area contributed by atoms with Crippen molar-refractivity contribution in [3.05, 3.63) is 64.4 Å². The second-order valence-electron chi connectivity index (χ2n) is 9.44. The van der Waals surface area contributed by atoms with Crippen molar-refractivity contribution in [1.82, 2.24) is 24.4 Å². The summed E-state index contributed by atoms with van der Waals surface area (Å²) in [5.41, 5.74) is 6.19. The van der Waals surface area contributed by atoms with Gasteiger partial charge in [-0.05, 0) is 75.8 Å². The summed E-state index contributed by atoms with van der Waals surface area (Å²) in [6, 6.07) is 9.11. The number of hydrogen-bond donors (Lipinski definition) is 0. The number of carbonyl (C=O) groups is 1. The number of hydrogen-bond acceptors (Lipinski definition) is 4. The van der Waals surface area contributed by atoms with E-state index in [0.717, 1.165) is 85.7 Å². The fourth-order valence-corrected chi connectivity index (χ4v) is 5.40. The van der Waals surface area contributed by atoms with Crippen LogP contribution in [0.2, 0.25) is 0 Å². The van der Waals surface area contributed by atoms with Crippen molar-refractivity contribution in [3.8, 4) is 0 Å². The van der Waals surface area contributed by atoms with E-state index in [0.29, 0.717) is 12.8 Å².